The van der Waals surface area contributed by atoms with Crippen molar-refractivity contribution in [2.24, 2.45) is 11.8 Å². The lowest BCUT2D eigenvalue weighted by molar-refractivity contribution is -0.145. The van der Waals surface area contributed by atoms with Crippen LogP contribution in [0.4, 0.5) is 5.82 Å². The van der Waals surface area contributed by atoms with E-state index in [-0.39, 0.29) is 36.7 Å². The Morgan fingerprint density at radius 1 is 1.02 bits per heavy atom. The molecular weight excluding hydrogens is 564 g/mol. The summed E-state index contributed by atoms with van der Waals surface area (Å²) in [7, 11) is 0. The van der Waals surface area contributed by atoms with Gasteiger partial charge in [0.05, 0.1) is 24.8 Å². The minimum Gasteiger partial charge on any atom is -0.481 e. The summed E-state index contributed by atoms with van der Waals surface area (Å²) in [6, 6.07) is 11.3. The highest BCUT2D eigenvalue weighted by Crippen LogP contribution is 2.50. The van der Waals surface area contributed by atoms with Crippen LogP contribution >= 0.6 is 11.3 Å². The second kappa shape index (κ2) is 12.5. The molecule has 3 fully saturated rings. The topological polar surface area (TPSA) is 133 Å². The summed E-state index contributed by atoms with van der Waals surface area (Å²) in [5, 5.41) is 25.6. The smallest absolute Gasteiger partial charge is 0.304 e. The predicted molar refractivity (Wildman–Crippen MR) is 165 cm³/mol. The summed E-state index contributed by atoms with van der Waals surface area (Å²) < 4.78 is 0. The lowest BCUT2D eigenvalue weighted by Crippen LogP contribution is -2.56. The summed E-state index contributed by atoms with van der Waals surface area (Å²) in [5.41, 5.74) is 2.00. The van der Waals surface area contributed by atoms with Gasteiger partial charge >= 0.3 is 5.97 Å². The van der Waals surface area contributed by atoms with E-state index in [1.54, 1.807) is 11.1 Å². The Kier molecular flexibility index (Phi) is 8.59. The lowest BCUT2D eigenvalue weighted by atomic mass is 9.63. The maximum atomic E-state index is 14.2. The number of anilines is 1. The number of nitrogens with one attached hydrogen (secondary N) is 1. The molecule has 226 valence electrons. The van der Waals surface area contributed by atoms with Crippen LogP contribution in [0.2, 0.25) is 0 Å². The molecule has 2 amide bonds. The minimum absolute atomic E-state index is 0.0883. The summed E-state index contributed by atoms with van der Waals surface area (Å²) in [4.78, 5) is 50.2. The first kappa shape index (κ1) is 29.4. The number of carbonyl (C=O) groups is 3. The monoisotopic (exact) mass is 602 g/mol. The van der Waals surface area contributed by atoms with Crippen molar-refractivity contribution in [3.8, 4) is 22.4 Å². The zero-order valence-corrected chi connectivity index (χ0v) is 25.0. The van der Waals surface area contributed by atoms with E-state index in [0.717, 1.165) is 61.6 Å². The Bertz CT molecular complexity index is 1480. The molecule has 0 radical (unpaired) electrons. The van der Waals surface area contributed by atoms with E-state index in [0.29, 0.717) is 35.9 Å². The number of rotatable bonds is 8. The van der Waals surface area contributed by atoms with E-state index in [9.17, 15) is 24.6 Å². The van der Waals surface area contributed by atoms with Crippen LogP contribution in [-0.2, 0) is 19.8 Å². The van der Waals surface area contributed by atoms with E-state index in [1.807, 2.05) is 41.8 Å². The van der Waals surface area contributed by atoms with Crippen molar-refractivity contribution in [1.29, 1.82) is 0 Å². The average molecular weight is 603 g/mol. The minimum atomic E-state index is -1.32. The van der Waals surface area contributed by atoms with Crippen LogP contribution in [0.3, 0.4) is 0 Å². The first-order chi connectivity index (χ1) is 20.9. The number of hydrogen-bond acceptors (Lipinski definition) is 7. The van der Waals surface area contributed by atoms with E-state index >= 15 is 0 Å². The average Bonchev–Trinajstić information content (AvgIpc) is 3.80. The first-order valence-electron chi connectivity index (χ1n) is 15.4. The van der Waals surface area contributed by atoms with Crippen molar-refractivity contribution < 1.29 is 24.6 Å². The third-order valence-electron chi connectivity index (χ3n) is 9.56. The second-order valence-electron chi connectivity index (χ2n) is 12.1. The Balaban J connectivity index is 1.40. The molecule has 3 aromatic rings. The van der Waals surface area contributed by atoms with Gasteiger partial charge < -0.3 is 15.5 Å². The van der Waals surface area contributed by atoms with Gasteiger partial charge in [0, 0.05) is 35.7 Å². The second-order valence-corrected chi connectivity index (χ2v) is 13.0. The molecule has 1 aliphatic carbocycles. The molecule has 3 atom stereocenters. The zero-order valence-electron chi connectivity index (χ0n) is 24.2. The third-order valence-corrected chi connectivity index (χ3v) is 10.6. The van der Waals surface area contributed by atoms with Crippen LogP contribution in [-0.4, -0.2) is 57.2 Å². The number of aliphatic carboxylic acids is 1. The van der Waals surface area contributed by atoms with Gasteiger partial charge in [-0.3, -0.25) is 19.3 Å². The van der Waals surface area contributed by atoms with Gasteiger partial charge in [-0.05, 0) is 48.8 Å². The van der Waals surface area contributed by atoms with E-state index in [2.05, 4.69) is 10.3 Å². The molecule has 9 nitrogen and oxygen atoms in total. The Morgan fingerprint density at radius 2 is 1.81 bits per heavy atom. The molecule has 6 rings (SSSR count). The maximum Gasteiger partial charge on any atom is 0.304 e. The molecule has 3 N–H and O–H groups in total. The van der Waals surface area contributed by atoms with E-state index in [1.165, 1.54) is 11.3 Å². The van der Waals surface area contributed by atoms with Crippen LogP contribution in [0.15, 0.2) is 48.0 Å². The van der Waals surface area contributed by atoms with Crippen molar-refractivity contribution in [2.75, 3.05) is 18.1 Å². The molecule has 2 aromatic heterocycles. The molecule has 1 saturated carbocycles. The molecule has 4 heterocycles. The molecule has 1 aromatic carbocycles. The molecule has 3 aliphatic rings. The lowest BCUT2D eigenvalue weighted by Gasteiger charge is -2.43. The fourth-order valence-electron chi connectivity index (χ4n) is 7.46. The molecule has 2 saturated heterocycles. The number of hydrogen-bond donors (Lipinski definition) is 3. The molecule has 0 bridgehead atoms. The molecule has 2 aliphatic heterocycles. The molecular formula is C33H38N4O5S. The van der Waals surface area contributed by atoms with Crippen molar-refractivity contribution in [2.45, 2.75) is 75.7 Å². The number of thiazole rings is 1. The van der Waals surface area contributed by atoms with Gasteiger partial charge in [0.15, 0.2) is 0 Å². The number of carboxylic acids is 1. The largest absolute Gasteiger partial charge is 0.481 e. The quantitative estimate of drug-likeness (QED) is 0.324. The van der Waals surface area contributed by atoms with Gasteiger partial charge in [0.1, 0.15) is 16.2 Å². The van der Waals surface area contributed by atoms with Crippen molar-refractivity contribution in [3.05, 3.63) is 53.0 Å². The summed E-state index contributed by atoms with van der Waals surface area (Å²) in [6.07, 6.45) is 9.14. The van der Waals surface area contributed by atoms with Crippen LogP contribution in [0.25, 0.3) is 22.4 Å². The number of aliphatic hydroxyl groups excluding tert-OH is 1. The Hall–Kier alpha value is -3.63. The molecule has 0 spiro atoms. The summed E-state index contributed by atoms with van der Waals surface area (Å²) in [6.45, 7) is 0.494. The molecule has 10 heteroatoms. The van der Waals surface area contributed by atoms with Gasteiger partial charge in [0.25, 0.3) is 0 Å². The van der Waals surface area contributed by atoms with Gasteiger partial charge in [-0.2, -0.15) is 0 Å². The summed E-state index contributed by atoms with van der Waals surface area (Å²) in [5.74, 6) is -0.530. The summed E-state index contributed by atoms with van der Waals surface area (Å²) >= 11 is 1.35. The highest BCUT2D eigenvalue weighted by atomic mass is 32.1. The normalized spacial score (nSPS) is 25.0. The molecule has 0 unspecified atom stereocenters. The van der Waals surface area contributed by atoms with Crippen LogP contribution in [0, 0.1) is 11.8 Å². The number of pyridine rings is 1. The van der Waals surface area contributed by atoms with Crippen molar-refractivity contribution in [3.63, 3.8) is 0 Å². The Labute approximate surface area is 255 Å². The number of amides is 2. The number of carbonyl (C=O) groups excluding carboxylic acids is 2. The van der Waals surface area contributed by atoms with E-state index < -0.39 is 17.4 Å². The number of aliphatic hydroxyl groups is 1. The highest BCUT2D eigenvalue weighted by Gasteiger charge is 2.54. The van der Waals surface area contributed by atoms with E-state index in [4.69, 9.17) is 4.98 Å². The van der Waals surface area contributed by atoms with Crippen LogP contribution in [0.1, 0.15) is 69.2 Å². The number of aromatic nitrogens is 2. The van der Waals surface area contributed by atoms with Gasteiger partial charge in [0.2, 0.25) is 11.8 Å². The van der Waals surface area contributed by atoms with Gasteiger partial charge in [-0.1, -0.05) is 56.4 Å². The van der Waals surface area contributed by atoms with Crippen LogP contribution < -0.4 is 10.2 Å². The highest BCUT2D eigenvalue weighted by molar-refractivity contribution is 7.10. The van der Waals surface area contributed by atoms with Crippen LogP contribution in [0.5, 0.6) is 0 Å². The number of carboxylic acid groups (broad SMARTS) is 1. The van der Waals surface area contributed by atoms with Gasteiger partial charge in [-0.25, -0.2) is 9.97 Å². The SMILES string of the molecule is O=C(O)C[C@@]1(c2nc(-c3ccccc3-c3ccc(N4CCCC4=O)nc3)cs2)C(=O)N[C@H](CO)CCC[C@@H]1C1CCCC1. The predicted octanol–water partition coefficient (Wildman–Crippen LogP) is 5.18. The molecule has 43 heavy (non-hydrogen) atoms. The Morgan fingerprint density at radius 3 is 2.49 bits per heavy atom. The standard InChI is InChI=1S/C33H38N4O5S/c38-19-23-9-5-12-26(21-7-1-2-8-21)33(17-30(40)41,31(42)35-23)32-36-27(20-43-32)25-11-4-3-10-24(25)22-14-15-28(34-18-22)37-16-6-13-29(37)39/h3-4,10-11,14-15,18,20-21,23,26,38H,1-2,5-9,12-13,16-17,19H2,(H,35,42)(H,40,41)/t23-,26+,33-/m0/s1. The fraction of sp³-hybridized carbons (Fsp3) is 0.485. The first-order valence-corrected chi connectivity index (χ1v) is 16.2. The van der Waals surface area contributed by atoms with Crippen molar-refractivity contribution in [1.82, 2.24) is 15.3 Å². The number of benzene rings is 1. The third kappa shape index (κ3) is 5.70. The fourth-order valence-corrected chi connectivity index (χ4v) is 8.54. The number of nitrogens with zero attached hydrogens (tertiary/aromatic N) is 3. The maximum absolute atomic E-state index is 14.2. The van der Waals surface area contributed by atoms with Crippen molar-refractivity contribution >= 4 is 34.9 Å². The van der Waals surface area contributed by atoms with Gasteiger partial charge in [-0.15, -0.1) is 11.3 Å². The zero-order chi connectivity index (χ0) is 30.0.